The highest BCUT2D eigenvalue weighted by Crippen LogP contribution is 2.05. The van der Waals surface area contributed by atoms with Gasteiger partial charge in [0.1, 0.15) is 0 Å². The molecule has 0 aromatic heterocycles. The molecule has 1 atom stereocenters. The summed E-state index contributed by atoms with van der Waals surface area (Å²) in [5.74, 6) is -0.0434. The zero-order chi connectivity index (χ0) is 18.0. The van der Waals surface area contributed by atoms with Gasteiger partial charge in [-0.05, 0) is 12.8 Å². The lowest BCUT2D eigenvalue weighted by Crippen LogP contribution is -2.45. The average Bonchev–Trinajstić information content (AvgIpc) is 2.58. The van der Waals surface area contributed by atoms with Gasteiger partial charge in [0.05, 0.1) is 12.6 Å². The summed E-state index contributed by atoms with van der Waals surface area (Å²) in [4.78, 5) is 23.6. The van der Waals surface area contributed by atoms with Crippen LogP contribution >= 0.6 is 0 Å². The Balaban J connectivity index is 3.73. The first-order valence-electron chi connectivity index (χ1n) is 9.80. The number of amides is 2. The van der Waals surface area contributed by atoms with Crippen molar-refractivity contribution in [2.75, 3.05) is 13.2 Å². The summed E-state index contributed by atoms with van der Waals surface area (Å²) in [5, 5.41) is 14.9. The summed E-state index contributed by atoms with van der Waals surface area (Å²) in [5.41, 5.74) is 0. The third-order valence-electron chi connectivity index (χ3n) is 4.15. The number of hydrogen-bond donors (Lipinski definition) is 3. The number of carbonyl (C=O) groups excluding carboxylic acids is 2. The molecule has 0 unspecified atom stereocenters. The quantitative estimate of drug-likeness (QED) is 0.377. The van der Waals surface area contributed by atoms with E-state index in [-0.39, 0.29) is 18.4 Å². The van der Waals surface area contributed by atoms with Gasteiger partial charge in [0, 0.05) is 19.4 Å². The molecule has 0 aromatic carbocycles. The highest BCUT2D eigenvalue weighted by molar-refractivity contribution is 5.77. The standard InChI is InChI=1S/C19H38N2O3/c1-3-5-7-9-11-13-18(23)20-15-17(16-22)21-19(24)14-12-10-8-6-4-2/h17,22H,3-16H2,1-2H3,(H,20,23)(H,21,24)/t17-/m1/s1. The molecule has 0 aliphatic heterocycles. The van der Waals surface area contributed by atoms with Crippen molar-refractivity contribution < 1.29 is 14.7 Å². The second-order valence-corrected chi connectivity index (χ2v) is 6.58. The number of rotatable bonds is 16. The summed E-state index contributed by atoms with van der Waals surface area (Å²) in [6, 6.07) is -0.391. The Morgan fingerprint density at radius 1 is 0.792 bits per heavy atom. The molecule has 0 fully saturated rings. The second-order valence-electron chi connectivity index (χ2n) is 6.58. The van der Waals surface area contributed by atoms with Crippen LogP contribution in [0.25, 0.3) is 0 Å². The molecule has 24 heavy (non-hydrogen) atoms. The molecular formula is C19H38N2O3. The zero-order valence-electron chi connectivity index (χ0n) is 15.7. The molecule has 5 nitrogen and oxygen atoms in total. The van der Waals surface area contributed by atoms with Crippen LogP contribution in [0.3, 0.4) is 0 Å². The van der Waals surface area contributed by atoms with Crippen molar-refractivity contribution in [3.8, 4) is 0 Å². The predicted molar refractivity (Wildman–Crippen MR) is 98.8 cm³/mol. The molecule has 0 aliphatic rings. The molecule has 0 aliphatic carbocycles. The Labute approximate surface area is 148 Å². The highest BCUT2D eigenvalue weighted by atomic mass is 16.3. The van der Waals surface area contributed by atoms with E-state index in [4.69, 9.17) is 0 Å². The zero-order valence-corrected chi connectivity index (χ0v) is 15.7. The Morgan fingerprint density at radius 3 is 1.79 bits per heavy atom. The summed E-state index contributed by atoms with van der Waals surface area (Å²) in [6.07, 6.45) is 12.1. The first kappa shape index (κ1) is 22.9. The Kier molecular flexibility index (Phi) is 16.0. The first-order chi connectivity index (χ1) is 11.6. The van der Waals surface area contributed by atoms with Crippen molar-refractivity contribution in [2.45, 2.75) is 96.9 Å². The molecule has 0 saturated heterocycles. The van der Waals surface area contributed by atoms with E-state index < -0.39 is 6.04 Å². The van der Waals surface area contributed by atoms with E-state index >= 15 is 0 Å². The first-order valence-corrected chi connectivity index (χ1v) is 9.80. The van der Waals surface area contributed by atoms with Crippen LogP contribution in [0.4, 0.5) is 0 Å². The molecule has 0 bridgehead atoms. The van der Waals surface area contributed by atoms with E-state index in [1.54, 1.807) is 0 Å². The number of carbonyl (C=O) groups is 2. The highest BCUT2D eigenvalue weighted by Gasteiger charge is 2.12. The average molecular weight is 343 g/mol. The van der Waals surface area contributed by atoms with Crippen molar-refractivity contribution in [3.63, 3.8) is 0 Å². The molecule has 5 heteroatoms. The molecule has 0 spiro atoms. The maximum absolute atomic E-state index is 11.8. The van der Waals surface area contributed by atoms with E-state index in [2.05, 4.69) is 24.5 Å². The van der Waals surface area contributed by atoms with Crippen LogP contribution < -0.4 is 10.6 Å². The van der Waals surface area contributed by atoms with Gasteiger partial charge >= 0.3 is 0 Å². The summed E-state index contributed by atoms with van der Waals surface area (Å²) in [7, 11) is 0. The van der Waals surface area contributed by atoms with Crippen molar-refractivity contribution in [2.24, 2.45) is 0 Å². The van der Waals surface area contributed by atoms with E-state index in [1.165, 1.54) is 38.5 Å². The van der Waals surface area contributed by atoms with E-state index in [0.717, 1.165) is 25.7 Å². The smallest absolute Gasteiger partial charge is 0.220 e. The van der Waals surface area contributed by atoms with Gasteiger partial charge in [0.25, 0.3) is 0 Å². The minimum absolute atomic E-state index is 0.00115. The minimum Gasteiger partial charge on any atom is -0.394 e. The fourth-order valence-electron chi connectivity index (χ4n) is 2.56. The molecule has 0 heterocycles. The molecule has 2 amide bonds. The fourth-order valence-corrected chi connectivity index (χ4v) is 2.56. The lowest BCUT2D eigenvalue weighted by atomic mass is 10.1. The van der Waals surface area contributed by atoms with Gasteiger partial charge in [0.2, 0.25) is 11.8 Å². The Bertz CT molecular complexity index is 322. The molecule has 3 N–H and O–H groups in total. The van der Waals surface area contributed by atoms with Crippen LogP contribution in [0.15, 0.2) is 0 Å². The molecular weight excluding hydrogens is 304 g/mol. The number of aliphatic hydroxyl groups is 1. The number of nitrogens with one attached hydrogen (secondary N) is 2. The Morgan fingerprint density at radius 2 is 1.29 bits per heavy atom. The molecule has 142 valence electrons. The van der Waals surface area contributed by atoms with Gasteiger partial charge in [0.15, 0.2) is 0 Å². The van der Waals surface area contributed by atoms with E-state index in [9.17, 15) is 14.7 Å². The van der Waals surface area contributed by atoms with Gasteiger partial charge in [-0.15, -0.1) is 0 Å². The number of aliphatic hydroxyl groups excluding tert-OH is 1. The third kappa shape index (κ3) is 14.5. The maximum Gasteiger partial charge on any atom is 0.220 e. The van der Waals surface area contributed by atoms with Crippen molar-refractivity contribution in [1.29, 1.82) is 0 Å². The second kappa shape index (κ2) is 16.7. The predicted octanol–water partition coefficient (Wildman–Crippen LogP) is 3.30. The molecule has 0 saturated carbocycles. The topological polar surface area (TPSA) is 78.4 Å². The van der Waals surface area contributed by atoms with Gasteiger partial charge < -0.3 is 15.7 Å². The van der Waals surface area contributed by atoms with Crippen LogP contribution in [-0.4, -0.2) is 36.1 Å². The van der Waals surface area contributed by atoms with Crippen LogP contribution in [-0.2, 0) is 9.59 Å². The molecule has 0 rings (SSSR count). The Hall–Kier alpha value is -1.10. The fraction of sp³-hybridized carbons (Fsp3) is 0.895. The van der Waals surface area contributed by atoms with Crippen LogP contribution in [0.1, 0.15) is 90.9 Å². The lowest BCUT2D eigenvalue weighted by Gasteiger charge is -2.17. The van der Waals surface area contributed by atoms with E-state index in [0.29, 0.717) is 19.4 Å². The van der Waals surface area contributed by atoms with Crippen LogP contribution in [0, 0.1) is 0 Å². The van der Waals surface area contributed by atoms with Crippen LogP contribution in [0.2, 0.25) is 0 Å². The summed E-state index contributed by atoms with van der Waals surface area (Å²) in [6.45, 7) is 4.48. The molecule has 0 radical (unpaired) electrons. The monoisotopic (exact) mass is 342 g/mol. The minimum atomic E-state index is -0.391. The number of unbranched alkanes of at least 4 members (excludes halogenated alkanes) is 8. The van der Waals surface area contributed by atoms with Crippen molar-refractivity contribution >= 4 is 11.8 Å². The largest absolute Gasteiger partial charge is 0.394 e. The summed E-state index contributed by atoms with van der Waals surface area (Å²) < 4.78 is 0. The van der Waals surface area contributed by atoms with Crippen molar-refractivity contribution in [3.05, 3.63) is 0 Å². The van der Waals surface area contributed by atoms with Gasteiger partial charge in [-0.3, -0.25) is 9.59 Å². The van der Waals surface area contributed by atoms with Crippen molar-refractivity contribution in [1.82, 2.24) is 10.6 Å². The SMILES string of the molecule is CCCCCCCC(=O)NC[C@H](CO)NC(=O)CCCCCCC. The lowest BCUT2D eigenvalue weighted by molar-refractivity contribution is -0.124. The van der Waals surface area contributed by atoms with Gasteiger partial charge in [-0.25, -0.2) is 0 Å². The van der Waals surface area contributed by atoms with Gasteiger partial charge in [-0.2, -0.15) is 0 Å². The van der Waals surface area contributed by atoms with Crippen LogP contribution in [0.5, 0.6) is 0 Å². The normalized spacial score (nSPS) is 12.0. The van der Waals surface area contributed by atoms with Gasteiger partial charge in [-0.1, -0.05) is 65.2 Å². The number of hydrogen-bond acceptors (Lipinski definition) is 3. The third-order valence-corrected chi connectivity index (χ3v) is 4.15. The maximum atomic E-state index is 11.8. The summed E-state index contributed by atoms with van der Waals surface area (Å²) >= 11 is 0. The molecule has 0 aromatic rings. The van der Waals surface area contributed by atoms with E-state index in [1.807, 2.05) is 0 Å².